The molecule has 0 saturated heterocycles. The first kappa shape index (κ1) is 13.9. The van der Waals surface area contributed by atoms with E-state index in [2.05, 4.69) is 10.6 Å². The lowest BCUT2D eigenvalue weighted by atomic mass is 10.3. The first-order chi connectivity index (χ1) is 8.54. The van der Waals surface area contributed by atoms with Gasteiger partial charge in [0.2, 0.25) is 0 Å². The smallest absolute Gasteiger partial charge is 0.313 e. The average molecular weight is 272 g/mol. The number of hydrogen-bond acceptors (Lipinski definition) is 4. The molecule has 2 N–H and O–H groups in total. The van der Waals surface area contributed by atoms with Crippen LogP contribution in [0.25, 0.3) is 0 Å². The summed E-state index contributed by atoms with van der Waals surface area (Å²) in [5.41, 5.74) is 0.00388. The monoisotopic (exact) mass is 271 g/mol. The first-order valence-electron chi connectivity index (χ1n) is 4.94. The van der Waals surface area contributed by atoms with Crippen molar-refractivity contribution in [2.24, 2.45) is 0 Å². The molecule has 0 fully saturated rings. The number of carbonyl (C=O) groups is 2. The van der Waals surface area contributed by atoms with Crippen LogP contribution in [0.5, 0.6) is 0 Å². The minimum atomic E-state index is -0.902. The first-order valence-corrected chi connectivity index (χ1v) is 5.47. The van der Waals surface area contributed by atoms with E-state index >= 15 is 0 Å². The van der Waals surface area contributed by atoms with Gasteiger partial charge in [0.05, 0.1) is 4.92 Å². The Morgan fingerprint density at radius 1 is 1.33 bits per heavy atom. The summed E-state index contributed by atoms with van der Waals surface area (Å²) in [6.07, 6.45) is 0. The Hall–Kier alpha value is -2.15. The van der Waals surface area contributed by atoms with Crippen molar-refractivity contribution in [1.29, 1.82) is 0 Å². The van der Waals surface area contributed by atoms with E-state index in [1.165, 1.54) is 18.2 Å². The Bertz CT molecular complexity index is 478. The maximum Gasteiger partial charge on any atom is 0.313 e. The third kappa shape index (κ3) is 4.02. The van der Waals surface area contributed by atoms with E-state index in [9.17, 15) is 19.7 Å². The number of rotatable bonds is 4. The summed E-state index contributed by atoms with van der Waals surface area (Å²) in [5, 5.41) is 15.0. The van der Waals surface area contributed by atoms with Gasteiger partial charge < -0.3 is 10.6 Å². The number of alkyl halides is 1. The summed E-state index contributed by atoms with van der Waals surface area (Å²) in [7, 11) is 0. The highest BCUT2D eigenvalue weighted by molar-refractivity contribution is 6.39. The number of hydrogen-bond donors (Lipinski definition) is 2. The highest BCUT2D eigenvalue weighted by Gasteiger charge is 2.14. The quantitative estimate of drug-likeness (QED) is 0.367. The lowest BCUT2D eigenvalue weighted by Crippen LogP contribution is -2.36. The van der Waals surface area contributed by atoms with Gasteiger partial charge in [0, 0.05) is 30.2 Å². The van der Waals surface area contributed by atoms with Gasteiger partial charge in [0.15, 0.2) is 0 Å². The van der Waals surface area contributed by atoms with Crippen LogP contribution in [0.2, 0.25) is 0 Å². The van der Waals surface area contributed by atoms with Gasteiger partial charge in [-0.05, 0) is 6.07 Å². The molecule has 0 aliphatic carbocycles. The van der Waals surface area contributed by atoms with Crippen LogP contribution in [0, 0.1) is 10.1 Å². The van der Waals surface area contributed by atoms with Gasteiger partial charge in [-0.1, -0.05) is 6.07 Å². The average Bonchev–Trinajstić information content (AvgIpc) is 2.36. The van der Waals surface area contributed by atoms with Crippen LogP contribution < -0.4 is 10.6 Å². The van der Waals surface area contributed by atoms with E-state index in [1.54, 1.807) is 0 Å². The molecular weight excluding hydrogens is 262 g/mol. The van der Waals surface area contributed by atoms with Gasteiger partial charge in [-0.25, -0.2) is 0 Å². The fourth-order valence-electron chi connectivity index (χ4n) is 1.13. The third-order valence-corrected chi connectivity index (χ3v) is 2.09. The van der Waals surface area contributed by atoms with Crippen LogP contribution in [-0.4, -0.2) is 29.2 Å². The van der Waals surface area contributed by atoms with E-state index in [1.807, 2.05) is 0 Å². The zero-order valence-electron chi connectivity index (χ0n) is 9.18. The van der Waals surface area contributed by atoms with E-state index < -0.39 is 16.7 Å². The molecule has 0 saturated carbocycles. The zero-order valence-corrected chi connectivity index (χ0v) is 9.94. The molecule has 0 atom stereocenters. The summed E-state index contributed by atoms with van der Waals surface area (Å²) in [6, 6.07) is 5.29. The molecule has 1 aromatic rings. The van der Waals surface area contributed by atoms with Gasteiger partial charge in [0.25, 0.3) is 5.69 Å². The minimum Gasteiger partial charge on any atom is -0.347 e. The molecule has 1 rings (SSSR count). The number of nitro groups is 1. The molecule has 0 aliphatic heterocycles. The van der Waals surface area contributed by atoms with Crippen molar-refractivity contribution in [2.75, 3.05) is 17.7 Å². The molecule has 0 bridgehead atoms. The molecule has 0 spiro atoms. The molecule has 0 heterocycles. The second kappa shape index (κ2) is 6.55. The van der Waals surface area contributed by atoms with Gasteiger partial charge in [0.1, 0.15) is 0 Å². The van der Waals surface area contributed by atoms with Gasteiger partial charge >= 0.3 is 11.8 Å². The summed E-state index contributed by atoms with van der Waals surface area (Å²) in [4.78, 5) is 32.5. The van der Waals surface area contributed by atoms with Crippen LogP contribution >= 0.6 is 11.6 Å². The van der Waals surface area contributed by atoms with Crippen molar-refractivity contribution in [1.82, 2.24) is 5.32 Å². The van der Waals surface area contributed by atoms with Crippen molar-refractivity contribution in [2.45, 2.75) is 0 Å². The van der Waals surface area contributed by atoms with Gasteiger partial charge in [-0.15, -0.1) is 11.6 Å². The second-order valence-corrected chi connectivity index (χ2v) is 3.58. The van der Waals surface area contributed by atoms with E-state index in [0.717, 1.165) is 6.07 Å². The number of carbonyl (C=O) groups excluding carboxylic acids is 2. The number of nitrogens with zero attached hydrogens (tertiary/aromatic N) is 1. The Balaban J connectivity index is 2.67. The Kier molecular flexibility index (Phi) is 5.06. The van der Waals surface area contributed by atoms with Crippen LogP contribution in [0.3, 0.4) is 0 Å². The summed E-state index contributed by atoms with van der Waals surface area (Å²) >= 11 is 5.34. The van der Waals surface area contributed by atoms with Crippen molar-refractivity contribution in [3.05, 3.63) is 34.4 Å². The maximum atomic E-state index is 11.4. The van der Waals surface area contributed by atoms with Crippen molar-refractivity contribution >= 4 is 34.8 Å². The van der Waals surface area contributed by atoms with Crippen molar-refractivity contribution < 1.29 is 14.5 Å². The fourth-order valence-corrected chi connectivity index (χ4v) is 1.22. The normalized spacial score (nSPS) is 9.61. The standard InChI is InChI=1S/C10H10ClN3O4/c11-4-5-12-9(15)10(16)13-7-2-1-3-8(6-7)14(17)18/h1-3,6H,4-5H2,(H,12,15)(H,13,16). The largest absolute Gasteiger partial charge is 0.347 e. The molecule has 7 nitrogen and oxygen atoms in total. The molecule has 0 aliphatic rings. The lowest BCUT2D eigenvalue weighted by Gasteiger charge is -2.04. The van der Waals surface area contributed by atoms with E-state index in [4.69, 9.17) is 11.6 Å². The summed E-state index contributed by atoms with van der Waals surface area (Å²) in [6.45, 7) is 0.169. The van der Waals surface area contributed by atoms with E-state index in [0.29, 0.717) is 0 Å². The predicted molar refractivity (Wildman–Crippen MR) is 65.5 cm³/mol. The number of halogens is 1. The molecule has 2 amide bonds. The number of benzene rings is 1. The molecule has 18 heavy (non-hydrogen) atoms. The lowest BCUT2D eigenvalue weighted by molar-refractivity contribution is -0.384. The van der Waals surface area contributed by atoms with Crippen LogP contribution in [0.4, 0.5) is 11.4 Å². The van der Waals surface area contributed by atoms with Crippen LogP contribution in [0.1, 0.15) is 0 Å². The SMILES string of the molecule is O=C(NCCCl)C(=O)Nc1cccc([N+](=O)[O-])c1. The second-order valence-electron chi connectivity index (χ2n) is 3.21. The zero-order chi connectivity index (χ0) is 13.5. The topological polar surface area (TPSA) is 101 Å². The summed E-state index contributed by atoms with van der Waals surface area (Å²) < 4.78 is 0. The Morgan fingerprint density at radius 3 is 2.67 bits per heavy atom. The number of anilines is 1. The Labute approximate surface area is 107 Å². The number of nitro benzene ring substituents is 1. The molecular formula is C10H10ClN3O4. The number of non-ortho nitro benzene ring substituents is 1. The minimum absolute atomic E-state index is 0.169. The Morgan fingerprint density at radius 2 is 2.06 bits per heavy atom. The number of amides is 2. The van der Waals surface area contributed by atoms with Gasteiger partial charge in [-0.2, -0.15) is 0 Å². The fraction of sp³-hybridized carbons (Fsp3) is 0.200. The molecule has 0 unspecified atom stereocenters. The van der Waals surface area contributed by atoms with Gasteiger partial charge in [-0.3, -0.25) is 19.7 Å². The van der Waals surface area contributed by atoms with Crippen LogP contribution in [-0.2, 0) is 9.59 Å². The summed E-state index contributed by atoms with van der Waals surface area (Å²) in [5.74, 6) is -1.56. The molecule has 8 heteroatoms. The molecule has 0 radical (unpaired) electrons. The van der Waals surface area contributed by atoms with Crippen molar-refractivity contribution in [3.63, 3.8) is 0 Å². The highest BCUT2D eigenvalue weighted by atomic mass is 35.5. The molecule has 0 aromatic heterocycles. The van der Waals surface area contributed by atoms with E-state index in [-0.39, 0.29) is 23.8 Å². The predicted octanol–water partition coefficient (Wildman–Crippen LogP) is 0.888. The maximum absolute atomic E-state index is 11.4. The van der Waals surface area contributed by atoms with Crippen molar-refractivity contribution in [3.8, 4) is 0 Å². The molecule has 1 aromatic carbocycles. The third-order valence-electron chi connectivity index (χ3n) is 1.90. The highest BCUT2D eigenvalue weighted by Crippen LogP contribution is 2.16. The molecule has 96 valence electrons. The number of nitrogens with one attached hydrogen (secondary N) is 2. The van der Waals surface area contributed by atoms with Crippen LogP contribution in [0.15, 0.2) is 24.3 Å².